The molecule has 1 N–H and O–H groups in total. The molecule has 158 valence electrons. The molecular weight excluding hydrogens is 340 g/mol. The SMILES string of the molecule is CC(C)CCCCCCC(CC(C)C)OC(=O)C1(C)CCCCC1C(=O)O. The van der Waals surface area contributed by atoms with E-state index in [2.05, 4.69) is 27.7 Å². The highest BCUT2D eigenvalue weighted by Crippen LogP contribution is 2.42. The van der Waals surface area contributed by atoms with E-state index < -0.39 is 17.3 Å². The van der Waals surface area contributed by atoms with Gasteiger partial charge in [-0.15, -0.1) is 0 Å². The monoisotopic (exact) mass is 382 g/mol. The van der Waals surface area contributed by atoms with E-state index in [1.165, 1.54) is 25.7 Å². The van der Waals surface area contributed by atoms with E-state index in [0.717, 1.165) is 38.0 Å². The van der Waals surface area contributed by atoms with Crippen molar-refractivity contribution < 1.29 is 19.4 Å². The lowest BCUT2D eigenvalue weighted by Crippen LogP contribution is -2.44. The largest absolute Gasteiger partial charge is 0.481 e. The van der Waals surface area contributed by atoms with Crippen molar-refractivity contribution in [3.63, 3.8) is 0 Å². The van der Waals surface area contributed by atoms with Crippen molar-refractivity contribution in [2.24, 2.45) is 23.2 Å². The van der Waals surface area contributed by atoms with Crippen LogP contribution in [0.15, 0.2) is 0 Å². The summed E-state index contributed by atoms with van der Waals surface area (Å²) in [5, 5.41) is 9.56. The standard InChI is InChI=1S/C23H42O4/c1-17(2)12-8-6-7-9-13-19(16-18(3)4)27-22(26)23(5)15-11-10-14-20(23)21(24)25/h17-20H,6-16H2,1-5H3,(H,24,25). The molecular formula is C23H42O4. The average Bonchev–Trinajstić information content (AvgIpc) is 2.57. The minimum atomic E-state index is -0.878. The van der Waals surface area contributed by atoms with Crippen LogP contribution in [0.4, 0.5) is 0 Å². The number of carboxylic acids is 1. The fourth-order valence-corrected chi connectivity index (χ4v) is 4.29. The summed E-state index contributed by atoms with van der Waals surface area (Å²) in [6.07, 6.45) is 10.7. The first kappa shape index (κ1) is 24.0. The highest BCUT2D eigenvalue weighted by molar-refractivity contribution is 5.84. The minimum absolute atomic E-state index is 0.0872. The van der Waals surface area contributed by atoms with Crippen LogP contribution in [0.3, 0.4) is 0 Å². The lowest BCUT2D eigenvalue weighted by Gasteiger charge is -2.38. The summed E-state index contributed by atoms with van der Waals surface area (Å²) in [5.41, 5.74) is -0.878. The molecule has 0 aromatic carbocycles. The number of carbonyl (C=O) groups excluding carboxylic acids is 1. The van der Waals surface area contributed by atoms with Crippen LogP contribution in [-0.2, 0) is 14.3 Å². The van der Waals surface area contributed by atoms with Crippen LogP contribution in [0.5, 0.6) is 0 Å². The van der Waals surface area contributed by atoms with E-state index in [1.54, 1.807) is 6.92 Å². The van der Waals surface area contributed by atoms with Crippen molar-refractivity contribution in [1.82, 2.24) is 0 Å². The maximum Gasteiger partial charge on any atom is 0.312 e. The number of rotatable bonds is 12. The lowest BCUT2D eigenvalue weighted by molar-refractivity contribution is -0.174. The molecule has 3 unspecified atom stereocenters. The van der Waals surface area contributed by atoms with Gasteiger partial charge in [0.15, 0.2) is 0 Å². The van der Waals surface area contributed by atoms with Crippen LogP contribution >= 0.6 is 0 Å². The van der Waals surface area contributed by atoms with Crippen LogP contribution in [-0.4, -0.2) is 23.1 Å². The summed E-state index contributed by atoms with van der Waals surface area (Å²) in [4.78, 5) is 24.6. The van der Waals surface area contributed by atoms with Gasteiger partial charge in [-0.1, -0.05) is 66.2 Å². The Morgan fingerprint density at radius 2 is 1.63 bits per heavy atom. The van der Waals surface area contributed by atoms with Crippen molar-refractivity contribution in [3.8, 4) is 0 Å². The van der Waals surface area contributed by atoms with Crippen LogP contribution < -0.4 is 0 Å². The highest BCUT2D eigenvalue weighted by atomic mass is 16.5. The number of hydrogen-bond acceptors (Lipinski definition) is 3. The molecule has 0 aromatic heterocycles. The van der Waals surface area contributed by atoms with Gasteiger partial charge in [0.05, 0.1) is 11.3 Å². The fraction of sp³-hybridized carbons (Fsp3) is 0.913. The van der Waals surface area contributed by atoms with Gasteiger partial charge in [0, 0.05) is 0 Å². The Morgan fingerprint density at radius 1 is 1.00 bits per heavy atom. The maximum atomic E-state index is 13.0. The summed E-state index contributed by atoms with van der Waals surface area (Å²) in [7, 11) is 0. The lowest BCUT2D eigenvalue weighted by atomic mass is 9.67. The van der Waals surface area contributed by atoms with E-state index in [4.69, 9.17) is 4.74 Å². The molecule has 0 heterocycles. The molecule has 1 rings (SSSR count). The summed E-state index contributed by atoms with van der Waals surface area (Å²) < 4.78 is 5.93. The van der Waals surface area contributed by atoms with E-state index in [-0.39, 0.29) is 12.1 Å². The zero-order chi connectivity index (χ0) is 20.4. The molecule has 0 saturated heterocycles. The third kappa shape index (κ3) is 8.23. The Morgan fingerprint density at radius 3 is 2.19 bits per heavy atom. The van der Waals surface area contributed by atoms with Gasteiger partial charge in [0.1, 0.15) is 6.10 Å². The summed E-state index contributed by atoms with van der Waals surface area (Å²) in [6, 6.07) is 0. The predicted octanol–water partition coefficient (Wildman–Crippen LogP) is 6.22. The molecule has 0 spiro atoms. The van der Waals surface area contributed by atoms with Gasteiger partial charge in [-0.25, -0.2) is 0 Å². The molecule has 0 aliphatic heterocycles. The summed E-state index contributed by atoms with van der Waals surface area (Å²) in [6.45, 7) is 10.6. The molecule has 4 heteroatoms. The second kappa shape index (κ2) is 11.7. The smallest absolute Gasteiger partial charge is 0.312 e. The van der Waals surface area contributed by atoms with Gasteiger partial charge < -0.3 is 9.84 Å². The van der Waals surface area contributed by atoms with Crippen molar-refractivity contribution >= 4 is 11.9 Å². The Hall–Kier alpha value is -1.06. The summed E-state index contributed by atoms with van der Waals surface area (Å²) in [5.74, 6) is -0.550. The van der Waals surface area contributed by atoms with Gasteiger partial charge >= 0.3 is 11.9 Å². The molecule has 0 radical (unpaired) electrons. The Bertz CT molecular complexity index is 457. The molecule has 4 nitrogen and oxygen atoms in total. The first-order valence-corrected chi connectivity index (χ1v) is 11.1. The normalized spacial score (nSPS) is 24.2. The molecule has 1 saturated carbocycles. The third-order valence-corrected chi connectivity index (χ3v) is 6.04. The van der Waals surface area contributed by atoms with Gasteiger partial charge in [-0.2, -0.15) is 0 Å². The van der Waals surface area contributed by atoms with Crippen LogP contribution in [0.2, 0.25) is 0 Å². The van der Waals surface area contributed by atoms with E-state index in [0.29, 0.717) is 18.8 Å². The predicted molar refractivity (Wildman–Crippen MR) is 110 cm³/mol. The number of hydrogen-bond donors (Lipinski definition) is 1. The van der Waals surface area contributed by atoms with Crippen molar-refractivity contribution in [2.45, 2.75) is 111 Å². The van der Waals surface area contributed by atoms with Crippen LogP contribution in [0.25, 0.3) is 0 Å². The van der Waals surface area contributed by atoms with Crippen LogP contribution in [0, 0.1) is 23.2 Å². The topological polar surface area (TPSA) is 63.6 Å². The Labute approximate surface area is 166 Å². The average molecular weight is 383 g/mol. The molecule has 0 aromatic rings. The quantitative estimate of drug-likeness (QED) is 0.321. The number of unbranched alkanes of at least 4 members (excludes halogenated alkanes) is 3. The molecule has 0 bridgehead atoms. The minimum Gasteiger partial charge on any atom is -0.481 e. The van der Waals surface area contributed by atoms with Gasteiger partial charge in [0.2, 0.25) is 0 Å². The first-order chi connectivity index (χ1) is 12.7. The van der Waals surface area contributed by atoms with Crippen LogP contribution in [0.1, 0.15) is 105 Å². The van der Waals surface area contributed by atoms with Crippen molar-refractivity contribution in [3.05, 3.63) is 0 Å². The Kier molecular flexibility index (Phi) is 10.4. The molecule has 3 atom stereocenters. The van der Waals surface area contributed by atoms with Gasteiger partial charge in [-0.05, 0) is 50.9 Å². The number of aliphatic carboxylic acids is 1. The van der Waals surface area contributed by atoms with Gasteiger partial charge in [-0.3, -0.25) is 9.59 Å². The van der Waals surface area contributed by atoms with E-state index >= 15 is 0 Å². The zero-order valence-corrected chi connectivity index (χ0v) is 18.3. The highest BCUT2D eigenvalue weighted by Gasteiger charge is 2.48. The Balaban J connectivity index is 2.58. The van der Waals surface area contributed by atoms with Crippen molar-refractivity contribution in [1.29, 1.82) is 0 Å². The fourth-order valence-electron chi connectivity index (χ4n) is 4.29. The van der Waals surface area contributed by atoms with E-state index in [9.17, 15) is 14.7 Å². The molecule has 1 aliphatic rings. The number of esters is 1. The molecule has 0 amide bonds. The first-order valence-electron chi connectivity index (χ1n) is 11.1. The second-order valence-electron chi connectivity index (χ2n) is 9.60. The van der Waals surface area contributed by atoms with Gasteiger partial charge in [0.25, 0.3) is 0 Å². The molecule has 27 heavy (non-hydrogen) atoms. The number of carbonyl (C=O) groups is 2. The van der Waals surface area contributed by atoms with E-state index in [1.807, 2.05) is 0 Å². The number of ether oxygens (including phenoxy) is 1. The molecule has 1 aliphatic carbocycles. The van der Waals surface area contributed by atoms with Crippen molar-refractivity contribution in [2.75, 3.05) is 0 Å². The molecule has 1 fully saturated rings. The zero-order valence-electron chi connectivity index (χ0n) is 18.3. The maximum absolute atomic E-state index is 13.0. The number of carboxylic acid groups (broad SMARTS) is 1. The third-order valence-electron chi connectivity index (χ3n) is 6.04. The summed E-state index contributed by atoms with van der Waals surface area (Å²) >= 11 is 0. The second-order valence-corrected chi connectivity index (χ2v) is 9.60.